The molecular weight excluding hydrogens is 122 g/mol. The number of hydrogen-bond acceptors (Lipinski definition) is 3. The first-order valence-electron chi connectivity index (χ1n) is 2.77. The van der Waals surface area contributed by atoms with E-state index in [2.05, 4.69) is 10.1 Å². The maximum atomic E-state index is 9.95. The molecule has 0 aromatic carbocycles. The van der Waals surface area contributed by atoms with Crippen LogP contribution in [-0.2, 0) is 9.53 Å². The van der Waals surface area contributed by atoms with Crippen LogP contribution in [0, 0.1) is 0 Å². The number of carbonyl (C=O) groups excluding carboxylic acids is 2. The van der Waals surface area contributed by atoms with Crippen molar-refractivity contribution >= 4 is 12.1 Å². The molecule has 1 heterocycles. The van der Waals surface area contributed by atoms with Gasteiger partial charge in [0.1, 0.15) is 6.54 Å². The SMILES string of the molecule is CC.O=C1CNC(=O)O1. The van der Waals surface area contributed by atoms with E-state index in [-0.39, 0.29) is 6.54 Å². The predicted molar refractivity (Wildman–Crippen MR) is 30.8 cm³/mol. The highest BCUT2D eigenvalue weighted by atomic mass is 16.6. The molecule has 4 nitrogen and oxygen atoms in total. The Bertz CT molecular complexity index is 107. The van der Waals surface area contributed by atoms with Crippen LogP contribution in [0.5, 0.6) is 0 Å². The summed E-state index contributed by atoms with van der Waals surface area (Å²) in [4.78, 5) is 19.8. The van der Waals surface area contributed by atoms with Gasteiger partial charge in [-0.15, -0.1) is 0 Å². The summed E-state index contributed by atoms with van der Waals surface area (Å²) in [5, 5.41) is 2.16. The Morgan fingerprint density at radius 1 is 1.44 bits per heavy atom. The van der Waals surface area contributed by atoms with Gasteiger partial charge in [-0.1, -0.05) is 13.8 Å². The third kappa shape index (κ3) is 2.69. The molecule has 1 amide bonds. The standard InChI is InChI=1S/C3H3NO3.C2H6/c5-2-1-4-3(6)7-2;1-2/h1H2,(H,4,6);1-2H3. The van der Waals surface area contributed by atoms with Crippen molar-refractivity contribution in [2.24, 2.45) is 0 Å². The maximum absolute atomic E-state index is 9.95. The van der Waals surface area contributed by atoms with Gasteiger partial charge in [-0.3, -0.25) is 0 Å². The van der Waals surface area contributed by atoms with E-state index in [0.29, 0.717) is 0 Å². The second-order valence-corrected chi connectivity index (χ2v) is 1.12. The molecule has 0 radical (unpaired) electrons. The lowest BCUT2D eigenvalue weighted by atomic mass is 10.7. The Hall–Kier alpha value is -1.06. The third-order valence-electron chi connectivity index (χ3n) is 0.584. The van der Waals surface area contributed by atoms with Gasteiger partial charge in [0.05, 0.1) is 0 Å². The van der Waals surface area contributed by atoms with E-state index in [1.165, 1.54) is 0 Å². The Labute approximate surface area is 53.2 Å². The molecule has 0 spiro atoms. The molecule has 0 aromatic heterocycles. The molecule has 1 N–H and O–H groups in total. The van der Waals surface area contributed by atoms with Gasteiger partial charge in [0.2, 0.25) is 0 Å². The molecule has 0 saturated carbocycles. The fraction of sp³-hybridized carbons (Fsp3) is 0.600. The molecule has 0 unspecified atom stereocenters. The normalized spacial score (nSPS) is 15.3. The van der Waals surface area contributed by atoms with Crippen LogP contribution in [0.4, 0.5) is 4.79 Å². The molecule has 1 saturated heterocycles. The van der Waals surface area contributed by atoms with Crippen LogP contribution >= 0.6 is 0 Å². The number of cyclic esters (lactones) is 2. The van der Waals surface area contributed by atoms with Crippen molar-refractivity contribution < 1.29 is 14.3 Å². The zero-order valence-electron chi connectivity index (χ0n) is 5.43. The molecule has 1 fully saturated rings. The number of esters is 1. The number of hydrogen-bond donors (Lipinski definition) is 1. The van der Waals surface area contributed by atoms with Crippen LogP contribution in [-0.4, -0.2) is 18.6 Å². The largest absolute Gasteiger partial charge is 0.415 e. The van der Waals surface area contributed by atoms with Crippen LogP contribution < -0.4 is 5.32 Å². The van der Waals surface area contributed by atoms with Crippen LogP contribution in [0.1, 0.15) is 13.8 Å². The average molecular weight is 131 g/mol. The zero-order chi connectivity index (χ0) is 7.28. The lowest BCUT2D eigenvalue weighted by molar-refractivity contribution is -0.132. The molecular formula is C5H9NO3. The average Bonchev–Trinajstić information content (AvgIpc) is 2.20. The summed E-state index contributed by atoms with van der Waals surface area (Å²) < 4.78 is 3.97. The summed E-state index contributed by atoms with van der Waals surface area (Å²) in [6, 6.07) is 0. The summed E-state index contributed by atoms with van der Waals surface area (Å²) in [6.07, 6.45) is -0.648. The highest BCUT2D eigenvalue weighted by Crippen LogP contribution is 1.85. The van der Waals surface area contributed by atoms with E-state index >= 15 is 0 Å². The molecule has 1 aliphatic heterocycles. The minimum atomic E-state index is -0.648. The lowest BCUT2D eigenvalue weighted by Gasteiger charge is -1.78. The number of carbonyl (C=O) groups is 2. The van der Waals surface area contributed by atoms with Crippen LogP contribution in [0.25, 0.3) is 0 Å². The number of amides is 1. The van der Waals surface area contributed by atoms with Crippen molar-refractivity contribution in [3.8, 4) is 0 Å². The van der Waals surface area contributed by atoms with Gasteiger partial charge in [0, 0.05) is 0 Å². The number of alkyl carbamates (subject to hydrolysis) is 1. The van der Waals surface area contributed by atoms with E-state index in [9.17, 15) is 9.59 Å². The van der Waals surface area contributed by atoms with Gasteiger partial charge in [0.15, 0.2) is 0 Å². The van der Waals surface area contributed by atoms with Crippen molar-refractivity contribution in [2.75, 3.05) is 6.54 Å². The first-order valence-corrected chi connectivity index (χ1v) is 2.77. The van der Waals surface area contributed by atoms with Gasteiger partial charge in [-0.05, 0) is 0 Å². The maximum Gasteiger partial charge on any atom is 0.415 e. The van der Waals surface area contributed by atoms with Gasteiger partial charge in [-0.25, -0.2) is 9.59 Å². The first-order chi connectivity index (χ1) is 4.29. The van der Waals surface area contributed by atoms with E-state index in [1.54, 1.807) is 0 Å². The van der Waals surface area contributed by atoms with E-state index < -0.39 is 12.1 Å². The minimum absolute atomic E-state index is 0.0127. The van der Waals surface area contributed by atoms with Crippen LogP contribution in [0.3, 0.4) is 0 Å². The van der Waals surface area contributed by atoms with Crippen molar-refractivity contribution in [1.82, 2.24) is 5.32 Å². The fourth-order valence-corrected chi connectivity index (χ4v) is 0.320. The van der Waals surface area contributed by atoms with Gasteiger partial charge < -0.3 is 10.1 Å². The summed E-state index contributed by atoms with van der Waals surface area (Å²) in [5.41, 5.74) is 0. The van der Waals surface area contributed by atoms with Crippen molar-refractivity contribution in [3.05, 3.63) is 0 Å². The lowest BCUT2D eigenvalue weighted by Crippen LogP contribution is -2.12. The molecule has 1 aliphatic rings. The topological polar surface area (TPSA) is 55.4 Å². The minimum Gasteiger partial charge on any atom is -0.375 e. The second kappa shape index (κ2) is 3.88. The van der Waals surface area contributed by atoms with Gasteiger partial charge in [-0.2, -0.15) is 0 Å². The summed E-state index contributed by atoms with van der Waals surface area (Å²) in [6.45, 7) is 4.01. The third-order valence-corrected chi connectivity index (χ3v) is 0.584. The summed E-state index contributed by atoms with van der Waals surface area (Å²) >= 11 is 0. The quantitative estimate of drug-likeness (QED) is 0.379. The Kier molecular flexibility index (Phi) is 3.43. The van der Waals surface area contributed by atoms with E-state index in [0.717, 1.165) is 0 Å². The molecule has 0 aliphatic carbocycles. The highest BCUT2D eigenvalue weighted by molar-refractivity contribution is 5.92. The molecule has 52 valence electrons. The Balaban J connectivity index is 0.000000291. The van der Waals surface area contributed by atoms with E-state index in [1.807, 2.05) is 13.8 Å². The zero-order valence-corrected chi connectivity index (χ0v) is 5.43. The van der Waals surface area contributed by atoms with Gasteiger partial charge in [0.25, 0.3) is 0 Å². The van der Waals surface area contributed by atoms with E-state index in [4.69, 9.17) is 0 Å². The van der Waals surface area contributed by atoms with Crippen molar-refractivity contribution in [3.63, 3.8) is 0 Å². The summed E-state index contributed by atoms with van der Waals surface area (Å²) in [7, 11) is 0. The predicted octanol–water partition coefficient (Wildman–Crippen LogP) is 0.279. The number of rotatable bonds is 0. The first kappa shape index (κ1) is 7.94. The highest BCUT2D eigenvalue weighted by Gasteiger charge is 2.17. The van der Waals surface area contributed by atoms with Crippen molar-refractivity contribution in [2.45, 2.75) is 13.8 Å². The summed E-state index contributed by atoms with van der Waals surface area (Å²) in [5.74, 6) is -0.509. The molecule has 1 rings (SSSR count). The molecule has 0 bridgehead atoms. The molecule has 0 atom stereocenters. The Morgan fingerprint density at radius 2 is 2.00 bits per heavy atom. The molecule has 4 heteroatoms. The molecule has 0 aromatic rings. The smallest absolute Gasteiger partial charge is 0.375 e. The Morgan fingerprint density at radius 3 is 2.11 bits per heavy atom. The fourth-order valence-electron chi connectivity index (χ4n) is 0.320. The van der Waals surface area contributed by atoms with Crippen molar-refractivity contribution in [1.29, 1.82) is 0 Å². The van der Waals surface area contributed by atoms with Crippen LogP contribution in [0.2, 0.25) is 0 Å². The monoisotopic (exact) mass is 131 g/mol. The van der Waals surface area contributed by atoms with Gasteiger partial charge >= 0.3 is 12.1 Å². The molecule has 9 heavy (non-hydrogen) atoms. The second-order valence-electron chi connectivity index (χ2n) is 1.12. The number of ether oxygens (including phenoxy) is 1. The van der Waals surface area contributed by atoms with Crippen LogP contribution in [0.15, 0.2) is 0 Å². The number of nitrogens with one attached hydrogen (secondary N) is 1.